The van der Waals surface area contributed by atoms with Gasteiger partial charge in [0.2, 0.25) is 0 Å². The van der Waals surface area contributed by atoms with Crippen LogP contribution in [0.4, 0.5) is 23.7 Å². The van der Waals surface area contributed by atoms with E-state index in [4.69, 9.17) is 9.84 Å². The molecule has 0 spiro atoms. The van der Waals surface area contributed by atoms with Crippen LogP contribution in [0.25, 0.3) is 11.3 Å². The Morgan fingerprint density at radius 1 is 1.13 bits per heavy atom. The maximum absolute atomic E-state index is 13.4. The number of ether oxygens (including phenoxy) is 1. The zero-order chi connectivity index (χ0) is 28.7. The number of hydrogen-bond donors (Lipinski definition) is 5. The van der Waals surface area contributed by atoms with E-state index in [0.717, 1.165) is 0 Å². The zero-order valence-electron chi connectivity index (χ0n) is 21.4. The van der Waals surface area contributed by atoms with Gasteiger partial charge in [-0.1, -0.05) is 6.92 Å². The highest BCUT2D eigenvalue weighted by molar-refractivity contribution is 6.03. The molecule has 5 N–H and O–H groups in total. The van der Waals surface area contributed by atoms with Gasteiger partial charge in [-0.15, -0.1) is 0 Å². The van der Waals surface area contributed by atoms with Crippen molar-refractivity contribution in [2.45, 2.75) is 26.4 Å². The third-order valence-electron chi connectivity index (χ3n) is 5.71. The number of H-pyrrole nitrogens is 1. The number of rotatable bonds is 11. The summed E-state index contributed by atoms with van der Waals surface area (Å²) in [6.07, 6.45) is -4.17. The van der Waals surface area contributed by atoms with Gasteiger partial charge in [-0.3, -0.25) is 14.7 Å². The molecule has 3 rings (SSSR count). The summed E-state index contributed by atoms with van der Waals surface area (Å²) in [6.45, 7) is 3.99. The highest BCUT2D eigenvalue weighted by Crippen LogP contribution is 2.37. The van der Waals surface area contributed by atoms with E-state index in [1.54, 1.807) is 12.1 Å². The number of hydrogen-bond acceptors (Lipinski definition) is 6. The molecule has 12 nitrogen and oxygen atoms in total. The standard InChI is InChI=1S/C24H28F3N7O5/c1-4-14-11-15(5-6-16(14)21(35)28-7-9-39-10-8-29-23(37)38)31-22(36)20-30-12-17(34(20)3)18-13(2)32-33-19(18)24(25,26)27/h5-6,11-12,29H,4,7-10H2,1-3H3,(H,28,35)(H,31,36)(H,32,33)(H,37,38). The summed E-state index contributed by atoms with van der Waals surface area (Å²) in [6, 6.07) is 4.72. The molecule has 2 aromatic heterocycles. The van der Waals surface area contributed by atoms with E-state index >= 15 is 0 Å². The lowest BCUT2D eigenvalue weighted by atomic mass is 10.0. The summed E-state index contributed by atoms with van der Waals surface area (Å²) >= 11 is 0. The molecule has 0 aliphatic heterocycles. The number of nitrogens with one attached hydrogen (secondary N) is 4. The number of aromatic amines is 1. The fourth-order valence-corrected chi connectivity index (χ4v) is 3.84. The van der Waals surface area contributed by atoms with Gasteiger partial charge in [0, 0.05) is 37.1 Å². The summed E-state index contributed by atoms with van der Waals surface area (Å²) in [5, 5.41) is 21.7. The van der Waals surface area contributed by atoms with Crippen molar-refractivity contribution in [1.29, 1.82) is 0 Å². The number of alkyl halides is 3. The minimum atomic E-state index is -4.69. The van der Waals surface area contributed by atoms with Gasteiger partial charge in [0.15, 0.2) is 11.5 Å². The Labute approximate surface area is 220 Å². The van der Waals surface area contributed by atoms with Crippen molar-refractivity contribution in [2.75, 3.05) is 31.6 Å². The quantitative estimate of drug-likeness (QED) is 0.229. The number of carbonyl (C=O) groups is 3. The number of halogens is 3. The third kappa shape index (κ3) is 7.13. The van der Waals surface area contributed by atoms with Crippen LogP contribution in [0.3, 0.4) is 0 Å². The second-order valence-corrected chi connectivity index (χ2v) is 8.38. The van der Waals surface area contributed by atoms with Crippen LogP contribution in [0.2, 0.25) is 0 Å². The lowest BCUT2D eigenvalue weighted by molar-refractivity contribution is -0.140. The molecule has 0 saturated carbocycles. The Morgan fingerprint density at radius 2 is 1.82 bits per heavy atom. The van der Waals surface area contributed by atoms with Crippen molar-refractivity contribution in [2.24, 2.45) is 7.05 Å². The van der Waals surface area contributed by atoms with Crippen LogP contribution >= 0.6 is 0 Å². The van der Waals surface area contributed by atoms with Crippen LogP contribution in [-0.2, 0) is 24.4 Å². The second-order valence-electron chi connectivity index (χ2n) is 8.38. The first-order valence-electron chi connectivity index (χ1n) is 11.8. The summed E-state index contributed by atoms with van der Waals surface area (Å²) < 4.78 is 46.7. The monoisotopic (exact) mass is 551 g/mol. The van der Waals surface area contributed by atoms with Gasteiger partial charge in [0.25, 0.3) is 11.8 Å². The van der Waals surface area contributed by atoms with Gasteiger partial charge in [-0.25, -0.2) is 9.78 Å². The summed E-state index contributed by atoms with van der Waals surface area (Å²) in [5.41, 5.74) is 0.393. The molecule has 0 fully saturated rings. The molecule has 1 aromatic carbocycles. The molecule has 0 saturated heterocycles. The predicted molar refractivity (Wildman–Crippen MR) is 133 cm³/mol. The predicted octanol–water partition coefficient (Wildman–Crippen LogP) is 2.97. The van der Waals surface area contributed by atoms with Crippen LogP contribution in [0, 0.1) is 6.92 Å². The van der Waals surface area contributed by atoms with Gasteiger partial charge in [0.1, 0.15) is 0 Å². The fourth-order valence-electron chi connectivity index (χ4n) is 3.84. The van der Waals surface area contributed by atoms with Crippen molar-refractivity contribution in [3.8, 4) is 11.3 Å². The minimum absolute atomic E-state index is 0.0714. The van der Waals surface area contributed by atoms with E-state index in [-0.39, 0.29) is 55.0 Å². The second kappa shape index (κ2) is 12.4. The van der Waals surface area contributed by atoms with Crippen LogP contribution in [0.5, 0.6) is 0 Å². The molecule has 0 aliphatic rings. The van der Waals surface area contributed by atoms with Gasteiger partial charge in [0.05, 0.1) is 30.7 Å². The smallest absolute Gasteiger partial charge is 0.435 e. The Kier molecular flexibility index (Phi) is 9.29. The molecular weight excluding hydrogens is 523 g/mol. The van der Waals surface area contributed by atoms with Crippen LogP contribution < -0.4 is 16.0 Å². The van der Waals surface area contributed by atoms with Crippen LogP contribution in [0.15, 0.2) is 24.4 Å². The Balaban J connectivity index is 1.66. The molecule has 15 heteroatoms. The first-order chi connectivity index (χ1) is 18.4. The normalized spacial score (nSPS) is 11.3. The third-order valence-corrected chi connectivity index (χ3v) is 5.71. The molecule has 0 bridgehead atoms. The number of anilines is 1. The Morgan fingerprint density at radius 3 is 2.46 bits per heavy atom. The minimum Gasteiger partial charge on any atom is -0.465 e. The number of carbonyl (C=O) groups excluding carboxylic acids is 2. The average Bonchev–Trinajstić information content (AvgIpc) is 3.44. The van der Waals surface area contributed by atoms with E-state index in [0.29, 0.717) is 23.2 Å². The topological polar surface area (TPSA) is 163 Å². The number of carboxylic acid groups (broad SMARTS) is 1. The first kappa shape index (κ1) is 29.2. The number of nitrogens with zero attached hydrogens (tertiary/aromatic N) is 3. The summed E-state index contributed by atoms with van der Waals surface area (Å²) in [4.78, 5) is 39.9. The first-order valence-corrected chi connectivity index (χ1v) is 11.8. The molecule has 2 heterocycles. The summed E-state index contributed by atoms with van der Waals surface area (Å²) in [7, 11) is 1.43. The molecule has 0 unspecified atom stereocenters. The van der Waals surface area contributed by atoms with Gasteiger partial charge in [-0.2, -0.15) is 18.3 Å². The lowest BCUT2D eigenvalue weighted by Crippen LogP contribution is -2.30. The van der Waals surface area contributed by atoms with E-state index in [1.807, 2.05) is 6.92 Å². The van der Waals surface area contributed by atoms with E-state index < -0.39 is 23.9 Å². The number of amides is 3. The number of benzene rings is 1. The molecule has 0 aliphatic carbocycles. The average molecular weight is 552 g/mol. The summed E-state index contributed by atoms with van der Waals surface area (Å²) in [5.74, 6) is -1.11. The maximum atomic E-state index is 13.4. The van der Waals surface area contributed by atoms with Gasteiger partial charge >= 0.3 is 12.3 Å². The van der Waals surface area contributed by atoms with E-state index in [1.165, 1.54) is 30.8 Å². The fraction of sp³-hybridized carbons (Fsp3) is 0.375. The molecule has 3 aromatic rings. The van der Waals surface area contributed by atoms with E-state index in [9.17, 15) is 27.6 Å². The van der Waals surface area contributed by atoms with Crippen LogP contribution in [-0.4, -0.2) is 69.1 Å². The largest absolute Gasteiger partial charge is 0.465 e. The van der Waals surface area contributed by atoms with Crippen molar-refractivity contribution in [1.82, 2.24) is 30.4 Å². The molecule has 210 valence electrons. The zero-order valence-corrected chi connectivity index (χ0v) is 21.4. The highest BCUT2D eigenvalue weighted by atomic mass is 19.4. The van der Waals surface area contributed by atoms with Crippen molar-refractivity contribution < 1.29 is 37.4 Å². The lowest BCUT2D eigenvalue weighted by Gasteiger charge is -2.13. The molecule has 0 radical (unpaired) electrons. The maximum Gasteiger partial charge on any atom is 0.435 e. The van der Waals surface area contributed by atoms with Gasteiger partial charge < -0.3 is 30.4 Å². The molecule has 0 atom stereocenters. The number of aromatic nitrogens is 4. The molecular formula is C24H28F3N7O5. The number of imidazole rings is 1. The van der Waals surface area contributed by atoms with Crippen molar-refractivity contribution in [3.63, 3.8) is 0 Å². The van der Waals surface area contributed by atoms with Gasteiger partial charge in [-0.05, 0) is 37.1 Å². The van der Waals surface area contributed by atoms with Crippen molar-refractivity contribution in [3.05, 3.63) is 52.7 Å². The molecule has 39 heavy (non-hydrogen) atoms. The Hall–Kier alpha value is -4.40. The molecule has 3 amide bonds. The highest BCUT2D eigenvalue weighted by Gasteiger charge is 2.39. The van der Waals surface area contributed by atoms with Crippen molar-refractivity contribution >= 4 is 23.6 Å². The number of aryl methyl sites for hydroxylation is 2. The SMILES string of the molecule is CCc1cc(NC(=O)c2ncc(-c3c(C(F)(F)F)n[nH]c3C)n2C)ccc1C(=O)NCCOCCNC(=O)O. The Bertz CT molecular complexity index is 1350. The van der Waals surface area contributed by atoms with E-state index in [2.05, 4.69) is 31.1 Å². The van der Waals surface area contributed by atoms with Crippen LogP contribution in [0.1, 0.15) is 44.9 Å².